The first-order valence-corrected chi connectivity index (χ1v) is 8.37. The van der Waals surface area contributed by atoms with E-state index in [4.69, 9.17) is 4.74 Å². The second kappa shape index (κ2) is 3.15. The van der Waals surface area contributed by atoms with Crippen molar-refractivity contribution in [2.45, 2.75) is 96.4 Å². The third-order valence-corrected chi connectivity index (χ3v) is 6.84. The van der Waals surface area contributed by atoms with Gasteiger partial charge in [0.05, 0.1) is 5.60 Å². The van der Waals surface area contributed by atoms with Gasteiger partial charge in [-0.2, -0.15) is 0 Å². The summed E-state index contributed by atoms with van der Waals surface area (Å²) in [5, 5.41) is 11.5. The molecule has 1 saturated heterocycles. The lowest BCUT2D eigenvalue weighted by Crippen LogP contribution is -2.64. The van der Waals surface area contributed by atoms with E-state index in [0.717, 1.165) is 32.1 Å². The molecule has 0 radical (unpaired) electrons. The van der Waals surface area contributed by atoms with Gasteiger partial charge in [-0.1, -0.05) is 34.6 Å². The molecule has 3 saturated carbocycles. The van der Waals surface area contributed by atoms with Gasteiger partial charge in [0.2, 0.25) is 0 Å². The molecule has 4 rings (SSSR count). The Balaban J connectivity index is 1.78. The molecular formula is C18H30O2. The van der Waals surface area contributed by atoms with Crippen molar-refractivity contribution in [3.05, 3.63) is 0 Å². The number of ether oxygens (including phenoxy) is 1. The molecule has 0 aromatic heterocycles. The quantitative estimate of drug-likeness (QED) is 0.678. The number of fused-ring (bicyclic) bond motifs is 2. The first kappa shape index (κ1) is 13.6. The van der Waals surface area contributed by atoms with Crippen LogP contribution in [-0.4, -0.2) is 21.9 Å². The van der Waals surface area contributed by atoms with Gasteiger partial charge in [0.15, 0.2) is 0 Å². The Morgan fingerprint density at radius 2 is 1.45 bits per heavy atom. The molecule has 1 aliphatic heterocycles. The lowest BCUT2D eigenvalue weighted by molar-refractivity contribution is -0.160. The van der Waals surface area contributed by atoms with Crippen molar-refractivity contribution in [1.82, 2.24) is 0 Å². The van der Waals surface area contributed by atoms with Gasteiger partial charge in [0.1, 0.15) is 11.2 Å². The first-order chi connectivity index (χ1) is 8.95. The molecule has 20 heavy (non-hydrogen) atoms. The maximum Gasteiger partial charge on any atom is 0.127 e. The Morgan fingerprint density at radius 1 is 0.750 bits per heavy atom. The summed E-state index contributed by atoms with van der Waals surface area (Å²) in [6.07, 6.45) is 7.64. The summed E-state index contributed by atoms with van der Waals surface area (Å²) < 4.78 is 6.48. The SMILES string of the molecule is CC1(C)C[C@@]2(C)C[C@](O)(C1)[C@]13CCC(C)(C)C[C@]1(C2)O3. The van der Waals surface area contributed by atoms with Crippen LogP contribution in [0.25, 0.3) is 0 Å². The Hall–Kier alpha value is -0.0800. The molecule has 4 fully saturated rings. The van der Waals surface area contributed by atoms with E-state index in [1.165, 1.54) is 12.8 Å². The van der Waals surface area contributed by atoms with Crippen LogP contribution in [0.1, 0.15) is 79.6 Å². The molecule has 2 nitrogen and oxygen atoms in total. The molecule has 1 N–H and O–H groups in total. The van der Waals surface area contributed by atoms with Gasteiger partial charge in [-0.25, -0.2) is 0 Å². The van der Waals surface area contributed by atoms with Gasteiger partial charge in [0, 0.05) is 0 Å². The zero-order valence-electron chi connectivity index (χ0n) is 13.8. The minimum atomic E-state index is -0.585. The number of aliphatic hydroxyl groups is 1. The van der Waals surface area contributed by atoms with Crippen molar-refractivity contribution >= 4 is 0 Å². The fourth-order valence-corrected chi connectivity index (χ4v) is 7.08. The standard InChI is InChI=1S/C18H30O2/c1-13(2)6-7-18-16(19)9-14(3,4)8-15(5,11-16)12-17(18,10-13)20-18/h19H,6-12H2,1-5H3/t15-,16+,17+,18+/m0/s1. The Labute approximate surface area is 123 Å². The predicted octanol–water partition coefficient (Wildman–Crippen LogP) is 4.06. The van der Waals surface area contributed by atoms with Crippen LogP contribution in [0.5, 0.6) is 0 Å². The van der Waals surface area contributed by atoms with Crippen LogP contribution in [0, 0.1) is 16.2 Å². The van der Waals surface area contributed by atoms with Crippen LogP contribution in [0.4, 0.5) is 0 Å². The van der Waals surface area contributed by atoms with E-state index in [0.29, 0.717) is 5.41 Å². The zero-order valence-corrected chi connectivity index (χ0v) is 13.8. The van der Waals surface area contributed by atoms with Gasteiger partial charge in [-0.05, 0) is 61.2 Å². The normalized spacial score (nSPS) is 58.5. The fraction of sp³-hybridized carbons (Fsp3) is 1.00. The van der Waals surface area contributed by atoms with Crippen LogP contribution < -0.4 is 0 Å². The smallest absolute Gasteiger partial charge is 0.127 e. The second-order valence-electron chi connectivity index (χ2n) is 10.5. The summed E-state index contributed by atoms with van der Waals surface area (Å²) in [7, 11) is 0. The monoisotopic (exact) mass is 278 g/mol. The highest BCUT2D eigenvalue weighted by Crippen LogP contribution is 2.77. The van der Waals surface area contributed by atoms with Gasteiger partial charge < -0.3 is 9.84 Å². The molecular weight excluding hydrogens is 248 g/mol. The van der Waals surface area contributed by atoms with Crippen LogP contribution in [-0.2, 0) is 4.74 Å². The molecule has 4 aliphatic rings. The first-order valence-electron chi connectivity index (χ1n) is 8.37. The third kappa shape index (κ3) is 1.48. The number of hydrogen-bond donors (Lipinski definition) is 1. The van der Waals surface area contributed by atoms with E-state index in [1.807, 2.05) is 0 Å². The van der Waals surface area contributed by atoms with E-state index in [2.05, 4.69) is 34.6 Å². The molecule has 0 aromatic rings. The molecule has 4 atom stereocenters. The zero-order chi connectivity index (χ0) is 14.7. The summed E-state index contributed by atoms with van der Waals surface area (Å²) in [4.78, 5) is 0. The van der Waals surface area contributed by atoms with E-state index in [-0.39, 0.29) is 22.0 Å². The third-order valence-electron chi connectivity index (χ3n) is 6.84. The highest BCUT2D eigenvalue weighted by Gasteiger charge is 2.84. The van der Waals surface area contributed by atoms with E-state index in [1.54, 1.807) is 0 Å². The fourth-order valence-electron chi connectivity index (χ4n) is 7.08. The summed E-state index contributed by atoms with van der Waals surface area (Å²) in [5.41, 5.74) is 0.0668. The molecule has 114 valence electrons. The number of hydrogen-bond acceptors (Lipinski definition) is 2. The highest BCUT2D eigenvalue weighted by molar-refractivity contribution is 5.34. The second-order valence-corrected chi connectivity index (χ2v) is 10.5. The van der Waals surface area contributed by atoms with Gasteiger partial charge in [-0.15, -0.1) is 0 Å². The maximum absolute atomic E-state index is 11.5. The highest BCUT2D eigenvalue weighted by atomic mass is 16.6. The number of rotatable bonds is 0. The van der Waals surface area contributed by atoms with Crippen molar-refractivity contribution in [1.29, 1.82) is 0 Å². The number of epoxide rings is 1. The van der Waals surface area contributed by atoms with E-state index in [9.17, 15) is 5.11 Å². The molecule has 3 aliphatic carbocycles. The molecule has 2 bridgehead atoms. The largest absolute Gasteiger partial charge is 0.387 e. The molecule has 0 spiro atoms. The van der Waals surface area contributed by atoms with Crippen LogP contribution in [0.2, 0.25) is 0 Å². The van der Waals surface area contributed by atoms with Crippen molar-refractivity contribution < 1.29 is 9.84 Å². The predicted molar refractivity (Wildman–Crippen MR) is 79.5 cm³/mol. The molecule has 0 amide bonds. The molecule has 2 heteroatoms. The van der Waals surface area contributed by atoms with Gasteiger partial charge in [-0.3, -0.25) is 0 Å². The van der Waals surface area contributed by atoms with Crippen molar-refractivity contribution in [3.8, 4) is 0 Å². The molecule has 0 aromatic carbocycles. The minimum Gasteiger partial charge on any atom is -0.387 e. The summed E-state index contributed by atoms with van der Waals surface area (Å²) in [6.45, 7) is 11.8. The van der Waals surface area contributed by atoms with Gasteiger partial charge in [0.25, 0.3) is 0 Å². The van der Waals surface area contributed by atoms with E-state index >= 15 is 0 Å². The lowest BCUT2D eigenvalue weighted by Gasteiger charge is -2.59. The molecule has 0 unspecified atom stereocenters. The average Bonchev–Trinajstić information content (AvgIpc) is 2.79. The Bertz CT molecular complexity index is 478. The van der Waals surface area contributed by atoms with Crippen molar-refractivity contribution in [2.75, 3.05) is 0 Å². The summed E-state index contributed by atoms with van der Waals surface area (Å²) in [5.74, 6) is 0. The Kier molecular flexibility index (Phi) is 2.14. The van der Waals surface area contributed by atoms with Crippen molar-refractivity contribution in [3.63, 3.8) is 0 Å². The summed E-state index contributed by atoms with van der Waals surface area (Å²) in [6, 6.07) is 0. The Morgan fingerprint density at radius 3 is 2.15 bits per heavy atom. The van der Waals surface area contributed by atoms with Crippen molar-refractivity contribution in [2.24, 2.45) is 16.2 Å². The van der Waals surface area contributed by atoms with Crippen LogP contribution in [0.15, 0.2) is 0 Å². The summed E-state index contributed by atoms with van der Waals surface area (Å²) >= 11 is 0. The molecule has 1 heterocycles. The van der Waals surface area contributed by atoms with Crippen LogP contribution in [0.3, 0.4) is 0 Å². The minimum absolute atomic E-state index is 0.00694. The van der Waals surface area contributed by atoms with Gasteiger partial charge >= 0.3 is 0 Å². The van der Waals surface area contributed by atoms with E-state index < -0.39 is 5.60 Å². The lowest BCUT2D eigenvalue weighted by atomic mass is 9.45. The topological polar surface area (TPSA) is 32.8 Å². The van der Waals surface area contributed by atoms with Crippen LogP contribution >= 0.6 is 0 Å². The average molecular weight is 278 g/mol. The maximum atomic E-state index is 11.5.